The van der Waals surface area contributed by atoms with Gasteiger partial charge in [0.1, 0.15) is 5.75 Å². The summed E-state index contributed by atoms with van der Waals surface area (Å²) in [5.41, 5.74) is 11.2. The van der Waals surface area contributed by atoms with Gasteiger partial charge in [0.15, 0.2) is 0 Å². The summed E-state index contributed by atoms with van der Waals surface area (Å²) in [5.74, 6) is 0.825. The third-order valence-corrected chi connectivity index (χ3v) is 5.37. The topological polar surface area (TPSA) is 78.5 Å². The second kappa shape index (κ2) is 7.46. The quantitative estimate of drug-likeness (QED) is 0.639. The van der Waals surface area contributed by atoms with Crippen molar-refractivity contribution < 1.29 is 14.3 Å². The molecule has 3 aromatic rings. The van der Waals surface area contributed by atoms with Gasteiger partial charge in [0.2, 0.25) is 0 Å². The van der Waals surface area contributed by atoms with Crippen molar-refractivity contribution in [2.45, 2.75) is 32.2 Å². The molecule has 0 aliphatic heterocycles. The lowest BCUT2D eigenvalue weighted by molar-refractivity contribution is 0.168. The van der Waals surface area contributed by atoms with Crippen molar-refractivity contribution in [2.75, 3.05) is 24.8 Å². The first-order valence-electron chi connectivity index (χ1n) is 9.64. The summed E-state index contributed by atoms with van der Waals surface area (Å²) in [6, 6.07) is 14.2. The molecule has 146 valence electrons. The van der Waals surface area contributed by atoms with Gasteiger partial charge in [-0.25, -0.2) is 4.79 Å². The van der Waals surface area contributed by atoms with E-state index in [0.29, 0.717) is 18.3 Å². The van der Waals surface area contributed by atoms with Crippen LogP contribution in [0.1, 0.15) is 32.2 Å². The Bertz CT molecular complexity index is 1000. The van der Waals surface area contributed by atoms with Gasteiger partial charge in [0.05, 0.1) is 30.6 Å². The Morgan fingerprint density at radius 3 is 2.57 bits per heavy atom. The van der Waals surface area contributed by atoms with Crippen molar-refractivity contribution in [3.05, 3.63) is 42.5 Å². The summed E-state index contributed by atoms with van der Waals surface area (Å²) in [4.78, 5) is 11.6. The molecule has 1 fully saturated rings. The van der Waals surface area contributed by atoms with Gasteiger partial charge in [0.25, 0.3) is 0 Å². The molecule has 1 aliphatic carbocycles. The number of amides is 1. The van der Waals surface area contributed by atoms with Gasteiger partial charge in [-0.1, -0.05) is 12.1 Å². The number of methoxy groups -OCH3 is 1. The predicted octanol–water partition coefficient (Wildman–Crippen LogP) is 5.19. The first-order valence-corrected chi connectivity index (χ1v) is 9.64. The molecule has 1 saturated carbocycles. The fourth-order valence-corrected chi connectivity index (χ4v) is 3.76. The van der Waals surface area contributed by atoms with Crippen molar-refractivity contribution in [1.82, 2.24) is 4.57 Å². The van der Waals surface area contributed by atoms with Crippen molar-refractivity contribution in [3.63, 3.8) is 0 Å². The summed E-state index contributed by atoms with van der Waals surface area (Å²) in [7, 11) is 1.68. The first kappa shape index (κ1) is 18.2. The molecule has 0 unspecified atom stereocenters. The number of carbonyl (C=O) groups is 1. The molecule has 2 aromatic carbocycles. The average Bonchev–Trinajstić information content (AvgIpc) is 2.93. The third-order valence-electron chi connectivity index (χ3n) is 5.37. The Labute approximate surface area is 164 Å². The largest absolute Gasteiger partial charge is 0.497 e. The van der Waals surface area contributed by atoms with Crippen LogP contribution >= 0.6 is 0 Å². The van der Waals surface area contributed by atoms with Crippen LogP contribution in [0.15, 0.2) is 42.5 Å². The molecule has 6 heteroatoms. The minimum atomic E-state index is -0.453. The smallest absolute Gasteiger partial charge is 0.411 e. The zero-order valence-electron chi connectivity index (χ0n) is 16.2. The van der Waals surface area contributed by atoms with Crippen molar-refractivity contribution in [2.24, 2.45) is 0 Å². The molecule has 0 spiro atoms. The van der Waals surface area contributed by atoms with Crippen LogP contribution in [0.4, 0.5) is 16.2 Å². The lowest BCUT2D eigenvalue weighted by Crippen LogP contribution is -2.18. The highest BCUT2D eigenvalue weighted by Gasteiger charge is 2.27. The van der Waals surface area contributed by atoms with Crippen LogP contribution < -0.4 is 15.8 Å². The van der Waals surface area contributed by atoms with E-state index < -0.39 is 6.09 Å². The SMILES string of the molecule is CCOC(=O)Nc1ccc(-c2c(N)c3ccc(OC)cc3n2C2CCC2)cc1. The Hall–Kier alpha value is -3.15. The number of fused-ring (bicyclic) bond motifs is 1. The van der Waals surface area contributed by atoms with Crippen LogP contribution in [0.3, 0.4) is 0 Å². The molecular weight excluding hydrogens is 354 g/mol. The first-order chi connectivity index (χ1) is 13.6. The number of benzene rings is 2. The van der Waals surface area contributed by atoms with E-state index in [1.165, 1.54) is 6.42 Å². The van der Waals surface area contributed by atoms with Crippen molar-refractivity contribution in [1.29, 1.82) is 0 Å². The zero-order chi connectivity index (χ0) is 19.7. The van der Waals surface area contributed by atoms with Gasteiger partial charge >= 0.3 is 6.09 Å². The average molecular weight is 379 g/mol. The van der Waals surface area contributed by atoms with Crippen LogP contribution in [0, 0.1) is 0 Å². The highest BCUT2D eigenvalue weighted by molar-refractivity contribution is 6.01. The summed E-state index contributed by atoms with van der Waals surface area (Å²) >= 11 is 0. The Morgan fingerprint density at radius 2 is 1.96 bits per heavy atom. The Morgan fingerprint density at radius 1 is 1.21 bits per heavy atom. The van der Waals surface area contributed by atoms with E-state index in [9.17, 15) is 4.79 Å². The molecule has 4 rings (SSSR count). The minimum absolute atomic E-state index is 0.339. The van der Waals surface area contributed by atoms with Crippen LogP contribution in [-0.2, 0) is 4.74 Å². The van der Waals surface area contributed by atoms with E-state index in [-0.39, 0.29) is 0 Å². The number of nitrogens with zero attached hydrogens (tertiary/aromatic N) is 1. The molecule has 1 amide bonds. The van der Waals surface area contributed by atoms with Crippen molar-refractivity contribution >= 4 is 28.4 Å². The number of nitrogens with two attached hydrogens (primary N) is 1. The monoisotopic (exact) mass is 379 g/mol. The van der Waals surface area contributed by atoms with E-state index >= 15 is 0 Å². The van der Waals surface area contributed by atoms with Crippen LogP contribution in [0.5, 0.6) is 5.75 Å². The Kier molecular flexibility index (Phi) is 4.86. The number of ether oxygens (including phenoxy) is 2. The second-order valence-corrected chi connectivity index (χ2v) is 7.02. The molecule has 0 atom stereocenters. The van der Waals surface area contributed by atoms with Crippen LogP contribution in [0.25, 0.3) is 22.2 Å². The molecule has 1 heterocycles. The molecule has 1 aromatic heterocycles. The molecular formula is C22H25N3O3. The molecule has 0 bridgehead atoms. The molecule has 0 saturated heterocycles. The number of nitrogens with one attached hydrogen (secondary N) is 1. The third kappa shape index (κ3) is 3.15. The molecule has 6 nitrogen and oxygen atoms in total. The maximum absolute atomic E-state index is 11.6. The van der Waals surface area contributed by atoms with Crippen LogP contribution in [-0.4, -0.2) is 24.4 Å². The number of hydrogen-bond acceptors (Lipinski definition) is 4. The fourth-order valence-electron chi connectivity index (χ4n) is 3.76. The number of carbonyl (C=O) groups excluding carboxylic acids is 1. The van der Waals surface area contributed by atoms with E-state index in [1.54, 1.807) is 14.0 Å². The number of anilines is 2. The highest BCUT2D eigenvalue weighted by atomic mass is 16.5. The molecule has 1 aliphatic rings. The number of rotatable bonds is 5. The summed E-state index contributed by atoms with van der Waals surface area (Å²) in [6.45, 7) is 2.12. The second-order valence-electron chi connectivity index (χ2n) is 7.02. The van der Waals surface area contributed by atoms with Gasteiger partial charge in [-0.2, -0.15) is 0 Å². The lowest BCUT2D eigenvalue weighted by atomic mass is 9.92. The van der Waals surface area contributed by atoms with Gasteiger partial charge in [-0.05, 0) is 50.5 Å². The maximum Gasteiger partial charge on any atom is 0.411 e. The normalized spacial score (nSPS) is 13.9. The lowest BCUT2D eigenvalue weighted by Gasteiger charge is -2.30. The summed E-state index contributed by atoms with van der Waals surface area (Å²) < 4.78 is 12.7. The zero-order valence-corrected chi connectivity index (χ0v) is 16.2. The van der Waals surface area contributed by atoms with E-state index in [2.05, 4.69) is 16.0 Å². The van der Waals surface area contributed by atoms with Gasteiger partial charge in [-0.3, -0.25) is 5.32 Å². The van der Waals surface area contributed by atoms with E-state index in [4.69, 9.17) is 15.2 Å². The molecule has 0 radical (unpaired) electrons. The van der Waals surface area contributed by atoms with E-state index in [1.807, 2.05) is 36.4 Å². The number of nitrogen functional groups attached to an aromatic ring is 1. The van der Waals surface area contributed by atoms with Gasteiger partial charge in [-0.15, -0.1) is 0 Å². The highest BCUT2D eigenvalue weighted by Crippen LogP contribution is 2.44. The maximum atomic E-state index is 11.6. The number of aromatic nitrogens is 1. The summed E-state index contributed by atoms with van der Waals surface area (Å²) in [5, 5.41) is 3.76. The van der Waals surface area contributed by atoms with Gasteiger partial charge in [0, 0.05) is 28.7 Å². The van der Waals surface area contributed by atoms with E-state index in [0.717, 1.165) is 46.4 Å². The van der Waals surface area contributed by atoms with Gasteiger partial charge < -0.3 is 19.8 Å². The molecule has 3 N–H and O–H groups in total. The standard InChI is InChI=1S/C22H25N3O3/c1-3-28-22(26)24-15-9-7-14(8-10-15)21-20(23)18-12-11-17(27-2)13-19(18)25(21)16-5-4-6-16/h7-13,16H,3-6,23H2,1-2H3,(H,24,26). The van der Waals surface area contributed by atoms with Crippen molar-refractivity contribution in [3.8, 4) is 17.0 Å². The summed E-state index contributed by atoms with van der Waals surface area (Å²) in [6.07, 6.45) is 3.08. The van der Waals surface area contributed by atoms with Crippen LogP contribution in [0.2, 0.25) is 0 Å². The predicted molar refractivity (Wildman–Crippen MR) is 112 cm³/mol. The number of hydrogen-bond donors (Lipinski definition) is 2. The Balaban J connectivity index is 1.77. The fraction of sp³-hybridized carbons (Fsp3) is 0.318. The molecule has 28 heavy (non-hydrogen) atoms. The minimum Gasteiger partial charge on any atom is -0.497 e.